The maximum Gasteiger partial charge on any atom is 0.271 e. The topological polar surface area (TPSA) is 93.2 Å². The molecule has 0 bridgehead atoms. The predicted molar refractivity (Wildman–Crippen MR) is 77.3 cm³/mol. The summed E-state index contributed by atoms with van der Waals surface area (Å²) in [7, 11) is 0. The smallest absolute Gasteiger partial charge is 0.271 e. The first kappa shape index (κ1) is 14.8. The van der Waals surface area contributed by atoms with Crippen LogP contribution in [0.5, 0.6) is 0 Å². The van der Waals surface area contributed by atoms with E-state index in [-0.39, 0.29) is 12.5 Å². The van der Waals surface area contributed by atoms with Crippen molar-refractivity contribution in [3.63, 3.8) is 0 Å². The van der Waals surface area contributed by atoms with Crippen molar-refractivity contribution in [2.24, 2.45) is 11.8 Å². The molecule has 0 aromatic carbocycles. The zero-order chi connectivity index (χ0) is 14.7. The van der Waals surface area contributed by atoms with Gasteiger partial charge in [-0.15, -0.1) is 0 Å². The van der Waals surface area contributed by atoms with E-state index in [2.05, 4.69) is 10.4 Å². The van der Waals surface area contributed by atoms with Gasteiger partial charge in [0.15, 0.2) is 0 Å². The second-order valence-electron chi connectivity index (χ2n) is 5.51. The quantitative estimate of drug-likeness (QED) is 0.748. The first-order valence-corrected chi connectivity index (χ1v) is 7.30. The van der Waals surface area contributed by atoms with Crippen molar-refractivity contribution in [2.45, 2.75) is 39.7 Å². The number of nitrogens with one attached hydrogen (secondary N) is 1. The molecule has 1 aromatic heterocycles. The Balaban J connectivity index is 2.02. The van der Waals surface area contributed by atoms with E-state index >= 15 is 0 Å². The maximum atomic E-state index is 12.3. The number of aliphatic hydroxyl groups excluding tert-OH is 1. The van der Waals surface area contributed by atoms with Crippen LogP contribution in [0.1, 0.15) is 42.4 Å². The normalized spacial score (nSPS) is 22.1. The number of amides is 1. The van der Waals surface area contributed by atoms with Gasteiger partial charge in [-0.25, -0.2) is 0 Å². The third-order valence-electron chi connectivity index (χ3n) is 4.26. The van der Waals surface area contributed by atoms with Gasteiger partial charge in [-0.05, 0) is 38.5 Å². The highest BCUT2D eigenvalue weighted by Gasteiger charge is 2.27. The summed E-state index contributed by atoms with van der Waals surface area (Å²) in [5.41, 5.74) is 7.52. The molecule has 4 N–H and O–H groups in total. The molecule has 1 fully saturated rings. The average molecular weight is 280 g/mol. The minimum Gasteiger partial charge on any atom is -0.396 e. The van der Waals surface area contributed by atoms with Crippen molar-refractivity contribution in [2.75, 3.05) is 18.9 Å². The van der Waals surface area contributed by atoms with Crippen LogP contribution in [0.25, 0.3) is 0 Å². The van der Waals surface area contributed by atoms with Crippen LogP contribution in [0.4, 0.5) is 5.69 Å². The average Bonchev–Trinajstić information content (AvgIpc) is 3.01. The number of aryl methyl sites for hydroxylation is 2. The van der Waals surface area contributed by atoms with Gasteiger partial charge in [-0.1, -0.05) is 6.42 Å². The molecular formula is C14H24N4O2. The highest BCUT2D eigenvalue weighted by Crippen LogP contribution is 2.30. The van der Waals surface area contributed by atoms with Crippen molar-refractivity contribution in [3.8, 4) is 0 Å². The third-order valence-corrected chi connectivity index (χ3v) is 4.26. The van der Waals surface area contributed by atoms with Crippen LogP contribution >= 0.6 is 0 Å². The molecular weight excluding hydrogens is 256 g/mol. The van der Waals surface area contributed by atoms with Crippen LogP contribution in [0, 0.1) is 18.8 Å². The molecule has 0 radical (unpaired) electrons. The summed E-state index contributed by atoms with van der Waals surface area (Å²) < 4.78 is 1.64. The van der Waals surface area contributed by atoms with Crippen LogP contribution < -0.4 is 11.1 Å². The van der Waals surface area contributed by atoms with E-state index in [9.17, 15) is 9.90 Å². The zero-order valence-electron chi connectivity index (χ0n) is 12.2. The van der Waals surface area contributed by atoms with Gasteiger partial charge >= 0.3 is 0 Å². The van der Waals surface area contributed by atoms with E-state index in [0.717, 1.165) is 19.3 Å². The lowest BCUT2D eigenvalue weighted by molar-refractivity contribution is 0.0928. The number of hydrogen-bond acceptors (Lipinski definition) is 4. The summed E-state index contributed by atoms with van der Waals surface area (Å²) in [4.78, 5) is 12.3. The number of rotatable bonds is 5. The van der Waals surface area contributed by atoms with Gasteiger partial charge in [0.2, 0.25) is 0 Å². The molecule has 112 valence electrons. The molecule has 1 aromatic rings. The number of nitrogen functional groups attached to an aromatic ring is 1. The summed E-state index contributed by atoms with van der Waals surface area (Å²) in [6.45, 7) is 5.15. The van der Waals surface area contributed by atoms with Crippen LogP contribution in [0.15, 0.2) is 0 Å². The van der Waals surface area contributed by atoms with Crippen molar-refractivity contribution < 1.29 is 9.90 Å². The molecule has 1 aliphatic carbocycles. The second-order valence-corrected chi connectivity index (χ2v) is 5.51. The standard InChI is InChI=1S/C14H24N4O2/c1-3-18-13(12(15)9(2)17-18)14(20)16-7-10-5-4-6-11(10)8-19/h10-11,19H,3-8,15H2,1-2H3,(H,16,20). The molecule has 20 heavy (non-hydrogen) atoms. The molecule has 2 unspecified atom stereocenters. The van der Waals surface area contributed by atoms with Gasteiger partial charge in [0.05, 0.1) is 11.4 Å². The fourth-order valence-electron chi connectivity index (χ4n) is 2.99. The van der Waals surface area contributed by atoms with E-state index in [1.54, 1.807) is 11.6 Å². The second kappa shape index (κ2) is 6.26. The van der Waals surface area contributed by atoms with E-state index < -0.39 is 0 Å². The van der Waals surface area contributed by atoms with Gasteiger partial charge in [-0.3, -0.25) is 9.48 Å². The maximum absolute atomic E-state index is 12.3. The summed E-state index contributed by atoms with van der Waals surface area (Å²) in [6, 6.07) is 0. The minimum atomic E-state index is -0.173. The van der Waals surface area contributed by atoms with Gasteiger partial charge < -0.3 is 16.2 Å². The summed E-state index contributed by atoms with van der Waals surface area (Å²) in [6.07, 6.45) is 3.23. The summed E-state index contributed by atoms with van der Waals surface area (Å²) >= 11 is 0. The van der Waals surface area contributed by atoms with E-state index in [1.807, 2.05) is 6.92 Å². The molecule has 0 spiro atoms. The molecule has 1 saturated carbocycles. The Morgan fingerprint density at radius 3 is 2.85 bits per heavy atom. The molecule has 6 heteroatoms. The van der Waals surface area contributed by atoms with Crippen LogP contribution in [0.3, 0.4) is 0 Å². The number of nitrogens with two attached hydrogens (primary N) is 1. The number of carbonyl (C=O) groups is 1. The van der Waals surface area contributed by atoms with Crippen LogP contribution in [0.2, 0.25) is 0 Å². The molecule has 1 aliphatic rings. The SMILES string of the molecule is CCn1nc(C)c(N)c1C(=O)NCC1CCCC1CO. The van der Waals surface area contributed by atoms with Gasteiger partial charge in [0.25, 0.3) is 5.91 Å². The Morgan fingerprint density at radius 2 is 2.20 bits per heavy atom. The fraction of sp³-hybridized carbons (Fsp3) is 0.714. The van der Waals surface area contributed by atoms with E-state index in [4.69, 9.17) is 5.73 Å². The highest BCUT2D eigenvalue weighted by atomic mass is 16.3. The first-order chi connectivity index (χ1) is 9.58. The van der Waals surface area contributed by atoms with Crippen molar-refractivity contribution >= 4 is 11.6 Å². The highest BCUT2D eigenvalue weighted by molar-refractivity contribution is 5.97. The Kier molecular flexibility index (Phi) is 4.65. The van der Waals surface area contributed by atoms with Crippen molar-refractivity contribution in [3.05, 3.63) is 11.4 Å². The lowest BCUT2D eigenvalue weighted by Crippen LogP contribution is -2.33. The van der Waals surface area contributed by atoms with Gasteiger partial charge in [0.1, 0.15) is 5.69 Å². The van der Waals surface area contributed by atoms with E-state index in [1.165, 1.54) is 0 Å². The Hall–Kier alpha value is -1.56. The number of carbonyl (C=O) groups excluding carboxylic acids is 1. The zero-order valence-corrected chi connectivity index (χ0v) is 12.2. The summed E-state index contributed by atoms with van der Waals surface area (Å²) in [5, 5.41) is 16.5. The molecule has 1 heterocycles. The Morgan fingerprint density at radius 1 is 1.50 bits per heavy atom. The largest absolute Gasteiger partial charge is 0.396 e. The van der Waals surface area contributed by atoms with Gasteiger partial charge in [-0.2, -0.15) is 5.10 Å². The summed E-state index contributed by atoms with van der Waals surface area (Å²) in [5.74, 6) is 0.503. The van der Waals surface area contributed by atoms with Crippen molar-refractivity contribution in [1.29, 1.82) is 0 Å². The monoisotopic (exact) mass is 280 g/mol. The lowest BCUT2D eigenvalue weighted by atomic mass is 9.97. The molecule has 2 rings (SSSR count). The molecule has 2 atom stereocenters. The third kappa shape index (κ3) is 2.80. The van der Waals surface area contributed by atoms with Gasteiger partial charge in [0, 0.05) is 19.7 Å². The first-order valence-electron chi connectivity index (χ1n) is 7.30. The number of nitrogens with zero attached hydrogens (tertiary/aromatic N) is 2. The lowest BCUT2D eigenvalue weighted by Gasteiger charge is -2.18. The molecule has 0 aliphatic heterocycles. The predicted octanol–water partition coefficient (Wildman–Crippen LogP) is 0.932. The fourth-order valence-corrected chi connectivity index (χ4v) is 2.99. The number of anilines is 1. The number of aromatic nitrogens is 2. The molecule has 1 amide bonds. The molecule has 0 saturated heterocycles. The Bertz CT molecular complexity index is 484. The van der Waals surface area contributed by atoms with E-state index in [0.29, 0.717) is 42.0 Å². The van der Waals surface area contributed by atoms with Crippen LogP contribution in [-0.4, -0.2) is 33.9 Å². The minimum absolute atomic E-state index is 0.173. The van der Waals surface area contributed by atoms with Crippen molar-refractivity contribution in [1.82, 2.24) is 15.1 Å². The number of aliphatic hydroxyl groups is 1. The Labute approximate surface area is 119 Å². The van der Waals surface area contributed by atoms with Crippen LogP contribution in [-0.2, 0) is 6.54 Å². The number of hydrogen-bond donors (Lipinski definition) is 3. The molecule has 6 nitrogen and oxygen atoms in total.